The van der Waals surface area contributed by atoms with Gasteiger partial charge in [-0.05, 0) is 42.2 Å². The lowest BCUT2D eigenvalue weighted by Crippen LogP contribution is -2.63. The van der Waals surface area contributed by atoms with E-state index in [0.29, 0.717) is 24.9 Å². The minimum absolute atomic E-state index is 0.0158. The molecule has 3 N–H and O–H groups in total. The summed E-state index contributed by atoms with van der Waals surface area (Å²) >= 11 is 0. The fraction of sp³-hybridized carbons (Fsp3) is 0.409. The van der Waals surface area contributed by atoms with Crippen molar-refractivity contribution in [3.05, 3.63) is 36.4 Å². The van der Waals surface area contributed by atoms with Crippen LogP contribution in [-0.2, 0) is 14.4 Å². The average molecular weight is 380 g/mol. The van der Waals surface area contributed by atoms with Crippen molar-refractivity contribution in [2.45, 2.75) is 40.0 Å². The maximum absolute atomic E-state index is 13.2. The number of aromatic hydroxyl groups is 1. The Bertz CT molecular complexity index is 1000. The summed E-state index contributed by atoms with van der Waals surface area (Å²) < 4.78 is 0. The molecule has 1 unspecified atom stereocenters. The van der Waals surface area contributed by atoms with Gasteiger partial charge in [-0.2, -0.15) is 0 Å². The Balaban J connectivity index is 1.67. The van der Waals surface area contributed by atoms with Gasteiger partial charge in [-0.25, -0.2) is 0 Å². The normalized spacial score (nSPS) is 32.1. The summed E-state index contributed by atoms with van der Waals surface area (Å²) in [5, 5.41) is 17.4. The molecule has 0 radical (unpaired) electrons. The topological polar surface area (TPSA) is 95.5 Å². The van der Waals surface area contributed by atoms with Crippen molar-refractivity contribution in [2.75, 3.05) is 5.32 Å². The van der Waals surface area contributed by atoms with Gasteiger partial charge in [-0.3, -0.25) is 19.7 Å². The number of carbonyl (C=O) groups excluding carboxylic acids is 3. The van der Waals surface area contributed by atoms with Gasteiger partial charge >= 0.3 is 0 Å². The number of rotatable bonds is 2. The first-order valence-electron chi connectivity index (χ1n) is 9.44. The third-order valence-corrected chi connectivity index (χ3v) is 6.32. The molecule has 0 aromatic heterocycles. The summed E-state index contributed by atoms with van der Waals surface area (Å²) in [5.74, 6) is -0.944. The maximum Gasteiger partial charge on any atom is 0.232 e. The van der Waals surface area contributed by atoms with E-state index in [1.807, 2.05) is 38.1 Å². The highest BCUT2D eigenvalue weighted by molar-refractivity contribution is 6.06. The molecule has 2 aromatic carbocycles. The summed E-state index contributed by atoms with van der Waals surface area (Å²) in [7, 11) is 0. The Hall–Kier alpha value is -2.89. The van der Waals surface area contributed by atoms with Crippen molar-refractivity contribution in [1.82, 2.24) is 5.32 Å². The fourth-order valence-electron chi connectivity index (χ4n) is 5.26. The van der Waals surface area contributed by atoms with Gasteiger partial charge in [0.05, 0.1) is 5.69 Å². The molecule has 2 aromatic rings. The largest absolute Gasteiger partial charge is 0.506 e. The van der Waals surface area contributed by atoms with Gasteiger partial charge in [-0.15, -0.1) is 0 Å². The average Bonchev–Trinajstić information content (AvgIpc) is 2.60. The Kier molecular flexibility index (Phi) is 3.83. The van der Waals surface area contributed by atoms with Crippen molar-refractivity contribution < 1.29 is 19.5 Å². The van der Waals surface area contributed by atoms with Crippen molar-refractivity contribution >= 4 is 34.2 Å². The molecule has 6 heteroatoms. The molecular weight excluding hydrogens is 356 g/mol. The number of benzene rings is 2. The smallest absolute Gasteiger partial charge is 0.232 e. The van der Waals surface area contributed by atoms with Crippen LogP contribution in [0.15, 0.2) is 36.4 Å². The van der Waals surface area contributed by atoms with E-state index < -0.39 is 16.2 Å². The first-order valence-corrected chi connectivity index (χ1v) is 9.44. The quantitative estimate of drug-likeness (QED) is 0.550. The second-order valence-corrected chi connectivity index (χ2v) is 9.17. The number of phenolic OH excluding ortho intramolecular Hbond substituents is 1. The van der Waals surface area contributed by atoms with Crippen LogP contribution in [-0.4, -0.2) is 22.8 Å². The standard InChI is InChI=1S/C22H24N2O4/c1-20(10-21(2)12-22(3,11-20)19(28)24-18(21)27)17(26)23-15-8-13-6-4-5-7-14(13)9-16(15)25/h4-9,25H,10-12H2,1-3H3,(H,23,26)(H,24,27,28)/t20?,21-,22+. The molecule has 1 saturated carbocycles. The van der Waals surface area contributed by atoms with Crippen LogP contribution in [0.25, 0.3) is 10.8 Å². The lowest BCUT2D eigenvalue weighted by atomic mass is 9.52. The highest BCUT2D eigenvalue weighted by Gasteiger charge is 2.60. The monoisotopic (exact) mass is 380 g/mol. The second kappa shape index (κ2) is 5.80. The fourth-order valence-corrected chi connectivity index (χ4v) is 5.26. The Morgan fingerprint density at radius 1 is 0.964 bits per heavy atom. The lowest BCUT2D eigenvalue weighted by molar-refractivity contribution is -0.163. The highest BCUT2D eigenvalue weighted by Crippen LogP contribution is 2.57. The molecule has 6 nitrogen and oxygen atoms in total. The third kappa shape index (κ3) is 2.75. The minimum atomic E-state index is -0.909. The molecule has 1 saturated heterocycles. The number of anilines is 1. The molecule has 2 fully saturated rings. The first-order chi connectivity index (χ1) is 13.0. The van der Waals surface area contributed by atoms with E-state index >= 15 is 0 Å². The molecule has 2 aliphatic rings. The summed E-state index contributed by atoms with van der Waals surface area (Å²) in [6.45, 7) is 5.42. The summed E-state index contributed by atoms with van der Waals surface area (Å²) in [6, 6.07) is 10.9. The number of fused-ring (bicyclic) bond motifs is 3. The third-order valence-electron chi connectivity index (χ3n) is 6.32. The van der Waals surface area contributed by atoms with Gasteiger partial charge < -0.3 is 10.4 Å². The second-order valence-electron chi connectivity index (χ2n) is 9.17. The van der Waals surface area contributed by atoms with Crippen LogP contribution >= 0.6 is 0 Å². The van der Waals surface area contributed by atoms with Crippen LogP contribution in [0.2, 0.25) is 0 Å². The van der Waals surface area contributed by atoms with Crippen LogP contribution in [0, 0.1) is 16.2 Å². The molecule has 0 spiro atoms. The van der Waals surface area contributed by atoms with Crippen LogP contribution < -0.4 is 10.6 Å². The van der Waals surface area contributed by atoms with Gasteiger partial charge in [0.1, 0.15) is 5.75 Å². The molecule has 3 amide bonds. The summed E-state index contributed by atoms with van der Waals surface area (Å²) in [6.07, 6.45) is 1.12. The van der Waals surface area contributed by atoms with Gasteiger partial charge in [-0.1, -0.05) is 45.0 Å². The summed E-state index contributed by atoms with van der Waals surface area (Å²) in [5.41, 5.74) is -2.14. The minimum Gasteiger partial charge on any atom is -0.506 e. The summed E-state index contributed by atoms with van der Waals surface area (Å²) in [4.78, 5) is 38.1. The molecule has 28 heavy (non-hydrogen) atoms. The molecule has 1 heterocycles. The molecule has 3 atom stereocenters. The van der Waals surface area contributed by atoms with Crippen LogP contribution in [0.3, 0.4) is 0 Å². The van der Waals surface area contributed by atoms with Crippen molar-refractivity contribution in [3.63, 3.8) is 0 Å². The van der Waals surface area contributed by atoms with Gasteiger partial charge in [0.2, 0.25) is 17.7 Å². The number of carbonyl (C=O) groups is 3. The van der Waals surface area contributed by atoms with Gasteiger partial charge in [0, 0.05) is 16.2 Å². The van der Waals surface area contributed by atoms with Gasteiger partial charge in [0.15, 0.2) is 0 Å². The zero-order valence-corrected chi connectivity index (χ0v) is 16.3. The molecule has 4 rings (SSSR count). The Labute approximate surface area is 163 Å². The van der Waals surface area contributed by atoms with Crippen LogP contribution in [0.5, 0.6) is 5.75 Å². The molecule has 146 valence electrons. The predicted molar refractivity (Wildman–Crippen MR) is 106 cm³/mol. The number of hydrogen-bond acceptors (Lipinski definition) is 4. The van der Waals surface area contributed by atoms with Crippen LogP contribution in [0.4, 0.5) is 5.69 Å². The number of amides is 3. The maximum atomic E-state index is 13.2. The SMILES string of the molecule is CC1(C(=O)Nc2cc3ccccc3cc2O)C[C@@]2(C)C[C@@](C)(C1)C(=O)NC2=O. The van der Waals surface area contributed by atoms with Crippen molar-refractivity contribution in [2.24, 2.45) is 16.2 Å². The van der Waals surface area contributed by atoms with E-state index in [4.69, 9.17) is 0 Å². The zero-order valence-electron chi connectivity index (χ0n) is 16.3. The Morgan fingerprint density at radius 3 is 2.07 bits per heavy atom. The predicted octanol–water partition coefficient (Wildman–Crippen LogP) is 3.34. The number of nitrogens with one attached hydrogen (secondary N) is 2. The lowest BCUT2D eigenvalue weighted by Gasteiger charge is -2.53. The molecule has 2 bridgehead atoms. The molecule has 1 aliphatic carbocycles. The van der Waals surface area contributed by atoms with E-state index in [-0.39, 0.29) is 23.5 Å². The number of piperidine rings is 1. The van der Waals surface area contributed by atoms with E-state index in [1.54, 1.807) is 19.1 Å². The Morgan fingerprint density at radius 2 is 1.50 bits per heavy atom. The van der Waals surface area contributed by atoms with Gasteiger partial charge in [0.25, 0.3) is 0 Å². The van der Waals surface area contributed by atoms with Crippen LogP contribution in [0.1, 0.15) is 40.0 Å². The number of imide groups is 1. The first kappa shape index (κ1) is 18.5. The number of phenols is 1. The van der Waals surface area contributed by atoms with Crippen molar-refractivity contribution in [3.8, 4) is 5.75 Å². The van der Waals surface area contributed by atoms with E-state index in [0.717, 1.165) is 10.8 Å². The number of hydrogen-bond donors (Lipinski definition) is 3. The van der Waals surface area contributed by atoms with E-state index in [9.17, 15) is 19.5 Å². The highest BCUT2D eigenvalue weighted by atomic mass is 16.3. The van der Waals surface area contributed by atoms with Crippen molar-refractivity contribution in [1.29, 1.82) is 0 Å². The van der Waals surface area contributed by atoms with E-state index in [2.05, 4.69) is 10.6 Å². The van der Waals surface area contributed by atoms with E-state index in [1.165, 1.54) is 0 Å². The molecular formula is C22H24N2O4. The zero-order chi connectivity index (χ0) is 20.3. The molecule has 1 aliphatic heterocycles.